The van der Waals surface area contributed by atoms with E-state index in [1.165, 1.54) is 50.3 Å². The first-order valence-electron chi connectivity index (χ1n) is 10.6. The molecule has 2 aliphatic carbocycles. The van der Waals surface area contributed by atoms with Crippen molar-refractivity contribution in [3.8, 4) is 11.6 Å². The maximum absolute atomic E-state index is 14.3. The number of aromatic nitrogens is 1. The number of nitrogens with zero attached hydrogens (tertiary/aromatic N) is 1. The lowest BCUT2D eigenvalue weighted by molar-refractivity contribution is 0.0525. The zero-order valence-electron chi connectivity index (χ0n) is 17.1. The number of esters is 1. The summed E-state index contributed by atoms with van der Waals surface area (Å²) in [7, 11) is 0. The fourth-order valence-electron chi connectivity index (χ4n) is 5.33. The van der Waals surface area contributed by atoms with E-state index in [0.717, 1.165) is 17.9 Å². The predicted octanol–water partition coefficient (Wildman–Crippen LogP) is 6.05. The van der Waals surface area contributed by atoms with Gasteiger partial charge in [-0.25, -0.2) is 14.2 Å². The summed E-state index contributed by atoms with van der Waals surface area (Å²) in [5.74, 6) is 0.599. The van der Waals surface area contributed by atoms with Gasteiger partial charge >= 0.3 is 5.97 Å². The van der Waals surface area contributed by atoms with E-state index in [1.54, 1.807) is 6.92 Å². The van der Waals surface area contributed by atoms with Gasteiger partial charge in [0, 0.05) is 6.20 Å². The molecular weight excluding hydrogens is 369 g/mol. The minimum atomic E-state index is -0.687. The van der Waals surface area contributed by atoms with Gasteiger partial charge in [-0.1, -0.05) is 31.9 Å². The molecule has 2 aromatic rings. The van der Waals surface area contributed by atoms with Gasteiger partial charge in [0.05, 0.1) is 12.2 Å². The molecule has 0 aliphatic heterocycles. The second-order valence-electron chi connectivity index (χ2n) is 8.40. The molecule has 0 saturated heterocycles. The van der Waals surface area contributed by atoms with Crippen LogP contribution in [0.1, 0.15) is 68.3 Å². The molecule has 2 bridgehead atoms. The highest BCUT2D eigenvalue weighted by molar-refractivity contribution is 5.89. The lowest BCUT2D eigenvalue weighted by atomic mass is 9.53. The summed E-state index contributed by atoms with van der Waals surface area (Å²) in [6, 6.07) is 9.13. The molecule has 5 heteroatoms. The van der Waals surface area contributed by atoms with E-state index in [2.05, 4.69) is 24.0 Å². The summed E-state index contributed by atoms with van der Waals surface area (Å²) in [6.45, 7) is 4.35. The Hall–Kier alpha value is -2.43. The van der Waals surface area contributed by atoms with E-state index in [1.807, 2.05) is 12.1 Å². The van der Waals surface area contributed by atoms with Gasteiger partial charge in [0.1, 0.15) is 5.75 Å². The number of benzene rings is 1. The zero-order valence-corrected chi connectivity index (χ0v) is 17.1. The fourth-order valence-corrected chi connectivity index (χ4v) is 5.33. The molecule has 2 fully saturated rings. The van der Waals surface area contributed by atoms with Crippen molar-refractivity contribution >= 4 is 5.97 Å². The molecule has 1 aromatic carbocycles. The highest BCUT2D eigenvalue weighted by atomic mass is 19.1. The highest BCUT2D eigenvalue weighted by Crippen LogP contribution is 2.54. The van der Waals surface area contributed by atoms with E-state index in [0.29, 0.717) is 5.75 Å². The smallest absolute Gasteiger partial charge is 0.339 e. The Balaban J connectivity index is 1.51. The molecule has 0 unspecified atom stereocenters. The maximum Gasteiger partial charge on any atom is 0.339 e. The summed E-state index contributed by atoms with van der Waals surface area (Å²) in [4.78, 5) is 15.6. The largest absolute Gasteiger partial charge is 0.462 e. The first-order chi connectivity index (χ1) is 14.0. The van der Waals surface area contributed by atoms with E-state index < -0.39 is 11.8 Å². The van der Waals surface area contributed by atoms with Crippen LogP contribution in [0.2, 0.25) is 0 Å². The molecule has 2 aliphatic rings. The van der Waals surface area contributed by atoms with Crippen LogP contribution >= 0.6 is 0 Å². The molecule has 0 N–H and O–H groups in total. The quantitative estimate of drug-likeness (QED) is 0.577. The molecule has 1 heterocycles. The van der Waals surface area contributed by atoms with Crippen LogP contribution in [0.3, 0.4) is 0 Å². The highest BCUT2D eigenvalue weighted by Gasteiger charge is 2.46. The molecule has 4 nitrogen and oxygen atoms in total. The molecular formula is C24H28FNO3. The lowest BCUT2D eigenvalue weighted by Gasteiger charge is -2.52. The Morgan fingerprint density at radius 3 is 2.31 bits per heavy atom. The summed E-state index contributed by atoms with van der Waals surface area (Å²) in [5, 5.41) is 0. The third kappa shape index (κ3) is 3.75. The van der Waals surface area contributed by atoms with Crippen LogP contribution in [0.25, 0.3) is 0 Å². The topological polar surface area (TPSA) is 48.4 Å². The van der Waals surface area contributed by atoms with Crippen LogP contribution in [0.15, 0.2) is 36.5 Å². The van der Waals surface area contributed by atoms with E-state index in [4.69, 9.17) is 9.47 Å². The minimum Gasteiger partial charge on any atom is -0.462 e. The minimum absolute atomic E-state index is 0.0730. The third-order valence-corrected chi connectivity index (χ3v) is 6.92. The molecule has 154 valence electrons. The zero-order chi connectivity index (χ0) is 20.4. The fraction of sp³-hybridized carbons (Fsp3) is 0.500. The van der Waals surface area contributed by atoms with Crippen molar-refractivity contribution < 1.29 is 18.7 Å². The average molecular weight is 397 g/mol. The van der Waals surface area contributed by atoms with Crippen LogP contribution in [-0.2, 0) is 10.2 Å². The number of carbonyl (C=O) groups excluding carboxylic acids is 1. The Labute approximate surface area is 171 Å². The molecule has 29 heavy (non-hydrogen) atoms. The molecule has 2 saturated carbocycles. The van der Waals surface area contributed by atoms with Gasteiger partial charge < -0.3 is 9.47 Å². The number of pyridine rings is 1. The molecule has 0 amide bonds. The third-order valence-electron chi connectivity index (χ3n) is 6.92. The molecule has 4 rings (SSSR count). The van der Waals surface area contributed by atoms with Gasteiger partial charge in [0.2, 0.25) is 0 Å². The van der Waals surface area contributed by atoms with Crippen LogP contribution in [0.4, 0.5) is 4.39 Å². The van der Waals surface area contributed by atoms with Crippen molar-refractivity contribution in [3.05, 3.63) is 53.5 Å². The monoisotopic (exact) mass is 397 g/mol. The van der Waals surface area contributed by atoms with E-state index >= 15 is 0 Å². The summed E-state index contributed by atoms with van der Waals surface area (Å²) in [5.41, 5.74) is 1.65. The summed E-state index contributed by atoms with van der Waals surface area (Å²) in [6.07, 6.45) is 9.22. The van der Waals surface area contributed by atoms with Crippen molar-refractivity contribution in [1.29, 1.82) is 0 Å². The van der Waals surface area contributed by atoms with Crippen molar-refractivity contribution in [2.75, 3.05) is 6.61 Å². The predicted molar refractivity (Wildman–Crippen MR) is 109 cm³/mol. The van der Waals surface area contributed by atoms with Gasteiger partial charge in [0.15, 0.2) is 5.82 Å². The van der Waals surface area contributed by atoms with E-state index in [-0.39, 0.29) is 23.5 Å². The number of hydrogen-bond donors (Lipinski definition) is 0. The first-order valence-corrected chi connectivity index (χ1v) is 10.6. The Kier molecular flexibility index (Phi) is 5.57. The van der Waals surface area contributed by atoms with Crippen molar-refractivity contribution in [2.45, 2.75) is 57.8 Å². The van der Waals surface area contributed by atoms with E-state index in [9.17, 15) is 9.18 Å². The Bertz CT molecular complexity index is 858. The van der Waals surface area contributed by atoms with Gasteiger partial charge in [-0.05, 0) is 73.6 Å². The van der Waals surface area contributed by atoms with Crippen LogP contribution in [0.5, 0.6) is 11.6 Å². The lowest BCUT2D eigenvalue weighted by Crippen LogP contribution is -2.45. The van der Waals surface area contributed by atoms with Gasteiger partial charge in [-0.3, -0.25) is 0 Å². The Morgan fingerprint density at radius 2 is 1.76 bits per heavy atom. The number of halogens is 1. The SMILES string of the molecule is CCOC(=O)c1cnc(Oc2ccc(C3(C)C4CCCC3CCC4)cc2)c(F)c1. The van der Waals surface area contributed by atoms with Crippen molar-refractivity contribution in [3.63, 3.8) is 0 Å². The van der Waals surface area contributed by atoms with Crippen molar-refractivity contribution in [2.24, 2.45) is 11.8 Å². The number of hydrogen-bond acceptors (Lipinski definition) is 4. The average Bonchev–Trinajstić information content (AvgIpc) is 2.70. The maximum atomic E-state index is 14.3. The standard InChI is InChI=1S/C24H28FNO3/c1-3-28-23(27)16-14-21(25)22(26-15-16)29-20-12-10-19(11-13-20)24(2)17-6-4-7-18(24)9-5-8-17/h10-15,17-18H,3-9H2,1-2H3. The van der Waals surface area contributed by atoms with Gasteiger partial charge in [-0.15, -0.1) is 0 Å². The molecule has 0 spiro atoms. The number of fused-ring (bicyclic) bond motifs is 2. The number of carbonyl (C=O) groups is 1. The molecule has 1 aromatic heterocycles. The second kappa shape index (κ2) is 8.13. The number of ether oxygens (including phenoxy) is 2. The van der Waals surface area contributed by atoms with Gasteiger partial charge in [0.25, 0.3) is 5.88 Å². The summed E-state index contributed by atoms with van der Waals surface area (Å²) < 4.78 is 24.8. The number of rotatable bonds is 5. The molecule has 0 radical (unpaired) electrons. The Morgan fingerprint density at radius 1 is 1.14 bits per heavy atom. The molecule has 0 atom stereocenters. The van der Waals surface area contributed by atoms with Gasteiger partial charge in [-0.2, -0.15) is 0 Å². The van der Waals surface area contributed by atoms with Crippen LogP contribution in [0, 0.1) is 17.7 Å². The second-order valence-corrected chi connectivity index (χ2v) is 8.40. The van der Waals surface area contributed by atoms with Crippen molar-refractivity contribution in [1.82, 2.24) is 4.98 Å². The normalized spacial score (nSPS) is 26.0. The first kappa shape index (κ1) is 19.9. The summed E-state index contributed by atoms with van der Waals surface area (Å²) >= 11 is 0. The van der Waals surface area contributed by atoms with Crippen LogP contribution in [-0.4, -0.2) is 17.6 Å². The van der Waals surface area contributed by atoms with Crippen LogP contribution < -0.4 is 4.74 Å².